The fourth-order valence-corrected chi connectivity index (χ4v) is 1.94. The van der Waals surface area contributed by atoms with E-state index in [1.54, 1.807) is 6.20 Å². The van der Waals surface area contributed by atoms with Gasteiger partial charge in [0.15, 0.2) is 0 Å². The third kappa shape index (κ3) is 2.74. The minimum absolute atomic E-state index is 0.274. The molecule has 0 aliphatic carbocycles. The molecule has 0 bridgehead atoms. The molecular formula is C11H14ClN5. The van der Waals surface area contributed by atoms with Gasteiger partial charge in [-0.25, -0.2) is 9.97 Å². The van der Waals surface area contributed by atoms with Crippen molar-refractivity contribution in [3.8, 4) is 0 Å². The average molecular weight is 252 g/mol. The first kappa shape index (κ1) is 11.9. The number of hydrogen-bond donors (Lipinski definition) is 2. The Morgan fingerprint density at radius 1 is 1.41 bits per heavy atom. The zero-order valence-electron chi connectivity index (χ0n) is 9.74. The molecule has 2 N–H and O–H groups in total. The molecular weight excluding hydrogens is 238 g/mol. The van der Waals surface area contributed by atoms with Crippen molar-refractivity contribution in [3.05, 3.63) is 35.0 Å². The summed E-state index contributed by atoms with van der Waals surface area (Å²) in [6.45, 7) is 4.78. The normalized spacial score (nSPS) is 10.8. The van der Waals surface area contributed by atoms with Crippen LogP contribution in [0.4, 0.5) is 5.82 Å². The Labute approximate surface area is 105 Å². The van der Waals surface area contributed by atoms with Gasteiger partial charge in [0.25, 0.3) is 0 Å². The predicted octanol–water partition coefficient (Wildman–Crippen LogP) is 2.59. The Morgan fingerprint density at radius 2 is 2.24 bits per heavy atom. The molecule has 17 heavy (non-hydrogen) atoms. The number of aromatic amines is 1. The van der Waals surface area contributed by atoms with Crippen LogP contribution in [-0.4, -0.2) is 20.2 Å². The van der Waals surface area contributed by atoms with Crippen molar-refractivity contribution in [2.24, 2.45) is 0 Å². The zero-order chi connectivity index (χ0) is 12.3. The second-order valence-corrected chi connectivity index (χ2v) is 4.40. The summed E-state index contributed by atoms with van der Waals surface area (Å²) < 4.78 is 0. The van der Waals surface area contributed by atoms with E-state index in [0.29, 0.717) is 11.7 Å². The maximum absolute atomic E-state index is 6.08. The molecule has 0 unspecified atom stereocenters. The average Bonchev–Trinajstić information content (AvgIpc) is 2.78. The number of halogens is 1. The number of nitrogens with zero attached hydrogens (tertiary/aromatic N) is 3. The van der Waals surface area contributed by atoms with Gasteiger partial charge >= 0.3 is 0 Å². The van der Waals surface area contributed by atoms with Crippen LogP contribution >= 0.6 is 11.6 Å². The lowest BCUT2D eigenvalue weighted by Crippen LogP contribution is -2.06. The molecule has 0 radical (unpaired) electrons. The van der Waals surface area contributed by atoms with Crippen LogP contribution in [0.5, 0.6) is 0 Å². The number of rotatable bonds is 4. The molecule has 0 atom stereocenters. The summed E-state index contributed by atoms with van der Waals surface area (Å²) in [5.74, 6) is 1.05. The first-order valence-corrected chi connectivity index (χ1v) is 5.78. The summed E-state index contributed by atoms with van der Waals surface area (Å²) in [6, 6.07) is 0. The molecule has 2 rings (SSSR count). The van der Waals surface area contributed by atoms with Gasteiger partial charge in [0, 0.05) is 23.9 Å². The van der Waals surface area contributed by atoms with Crippen LogP contribution < -0.4 is 5.32 Å². The summed E-state index contributed by atoms with van der Waals surface area (Å²) in [7, 11) is 0. The van der Waals surface area contributed by atoms with Crippen LogP contribution in [0.25, 0.3) is 0 Å². The number of hydrogen-bond acceptors (Lipinski definition) is 4. The molecule has 0 amide bonds. The molecule has 0 spiro atoms. The van der Waals surface area contributed by atoms with Gasteiger partial charge in [-0.05, 0) is 5.92 Å². The van der Waals surface area contributed by atoms with Crippen molar-refractivity contribution >= 4 is 17.4 Å². The summed E-state index contributed by atoms with van der Waals surface area (Å²) >= 11 is 6.08. The van der Waals surface area contributed by atoms with Crippen LogP contribution in [0.2, 0.25) is 5.15 Å². The maximum atomic E-state index is 6.08. The van der Waals surface area contributed by atoms with Crippen LogP contribution in [0.15, 0.2) is 18.7 Å². The Morgan fingerprint density at radius 3 is 2.88 bits per heavy atom. The fraction of sp³-hybridized carbons (Fsp3) is 0.364. The van der Waals surface area contributed by atoms with E-state index in [4.69, 9.17) is 11.6 Å². The van der Waals surface area contributed by atoms with Crippen LogP contribution in [0.1, 0.15) is 30.9 Å². The Bertz CT molecular complexity index is 481. The van der Waals surface area contributed by atoms with Gasteiger partial charge < -0.3 is 5.32 Å². The summed E-state index contributed by atoms with van der Waals surface area (Å²) in [4.78, 5) is 8.22. The minimum atomic E-state index is 0.274. The monoisotopic (exact) mass is 251 g/mol. The number of anilines is 1. The molecule has 2 heterocycles. The van der Waals surface area contributed by atoms with Gasteiger partial charge in [-0.3, -0.25) is 5.10 Å². The molecule has 5 nitrogen and oxygen atoms in total. The van der Waals surface area contributed by atoms with Gasteiger partial charge in [-0.1, -0.05) is 25.4 Å². The number of aromatic nitrogens is 4. The van der Waals surface area contributed by atoms with E-state index in [2.05, 4.69) is 39.3 Å². The van der Waals surface area contributed by atoms with Crippen molar-refractivity contribution in [1.82, 2.24) is 20.2 Å². The van der Waals surface area contributed by atoms with E-state index >= 15 is 0 Å². The maximum Gasteiger partial charge on any atom is 0.138 e. The third-order valence-corrected chi connectivity index (χ3v) is 2.73. The summed E-state index contributed by atoms with van der Waals surface area (Å²) in [6.07, 6.45) is 5.07. The van der Waals surface area contributed by atoms with Gasteiger partial charge in [0.1, 0.15) is 17.3 Å². The fourth-order valence-electron chi connectivity index (χ4n) is 1.59. The van der Waals surface area contributed by atoms with Gasteiger partial charge in [-0.2, -0.15) is 5.10 Å². The van der Waals surface area contributed by atoms with E-state index in [1.165, 1.54) is 6.33 Å². The lowest BCUT2D eigenvalue weighted by molar-refractivity contribution is 0.844. The molecule has 0 aromatic carbocycles. The second kappa shape index (κ2) is 5.14. The van der Waals surface area contributed by atoms with Gasteiger partial charge in [-0.15, -0.1) is 0 Å². The predicted molar refractivity (Wildman–Crippen MR) is 67.0 cm³/mol. The van der Waals surface area contributed by atoms with E-state index in [-0.39, 0.29) is 5.92 Å². The van der Waals surface area contributed by atoms with Gasteiger partial charge in [0.2, 0.25) is 0 Å². The van der Waals surface area contributed by atoms with Crippen molar-refractivity contribution in [2.75, 3.05) is 5.32 Å². The third-order valence-electron chi connectivity index (χ3n) is 2.43. The highest BCUT2D eigenvalue weighted by atomic mass is 35.5. The summed E-state index contributed by atoms with van der Waals surface area (Å²) in [5.41, 5.74) is 2.01. The van der Waals surface area contributed by atoms with Crippen molar-refractivity contribution in [1.29, 1.82) is 0 Å². The zero-order valence-corrected chi connectivity index (χ0v) is 10.5. The van der Waals surface area contributed by atoms with Crippen LogP contribution in [0, 0.1) is 0 Å². The highest BCUT2D eigenvalue weighted by molar-refractivity contribution is 6.30. The molecule has 0 aliphatic heterocycles. The molecule has 2 aromatic heterocycles. The second-order valence-electron chi connectivity index (χ2n) is 4.04. The van der Waals surface area contributed by atoms with Gasteiger partial charge in [0.05, 0.1) is 6.20 Å². The quantitative estimate of drug-likeness (QED) is 0.820. The lowest BCUT2D eigenvalue weighted by atomic mass is 10.1. The molecule has 0 aliphatic rings. The highest BCUT2D eigenvalue weighted by Gasteiger charge is 2.13. The van der Waals surface area contributed by atoms with E-state index in [9.17, 15) is 0 Å². The van der Waals surface area contributed by atoms with E-state index < -0.39 is 0 Å². The lowest BCUT2D eigenvalue weighted by Gasteiger charge is -2.13. The van der Waals surface area contributed by atoms with E-state index in [1.807, 2.05) is 6.20 Å². The molecule has 0 saturated carbocycles. The van der Waals surface area contributed by atoms with E-state index in [0.717, 1.165) is 16.9 Å². The van der Waals surface area contributed by atoms with Crippen LogP contribution in [-0.2, 0) is 6.54 Å². The topological polar surface area (TPSA) is 66.5 Å². The first-order valence-electron chi connectivity index (χ1n) is 5.40. The number of H-pyrrole nitrogens is 1. The van der Waals surface area contributed by atoms with Crippen molar-refractivity contribution < 1.29 is 0 Å². The Kier molecular flexibility index (Phi) is 3.58. The van der Waals surface area contributed by atoms with Crippen molar-refractivity contribution in [3.63, 3.8) is 0 Å². The molecule has 2 aromatic rings. The smallest absolute Gasteiger partial charge is 0.138 e. The minimum Gasteiger partial charge on any atom is -0.365 e. The Balaban J connectivity index is 2.18. The standard InChI is InChI=1S/C11H14ClN5/c1-7(2)9-10(12)14-6-15-11(9)13-3-8-4-16-17-5-8/h4-7H,3H2,1-2H3,(H,16,17)(H,13,14,15). The van der Waals surface area contributed by atoms with Crippen molar-refractivity contribution in [2.45, 2.75) is 26.3 Å². The molecule has 6 heteroatoms. The SMILES string of the molecule is CC(C)c1c(Cl)ncnc1NCc1cn[nH]c1. The molecule has 90 valence electrons. The highest BCUT2D eigenvalue weighted by Crippen LogP contribution is 2.28. The Hall–Kier alpha value is -1.62. The first-order chi connectivity index (χ1) is 8.18. The number of nitrogens with one attached hydrogen (secondary N) is 2. The molecule has 0 saturated heterocycles. The van der Waals surface area contributed by atoms with Crippen LogP contribution in [0.3, 0.4) is 0 Å². The molecule has 0 fully saturated rings. The summed E-state index contributed by atoms with van der Waals surface area (Å²) in [5, 5.41) is 10.4. The largest absolute Gasteiger partial charge is 0.365 e.